The number of benzene rings is 2. The normalized spacial score (nSPS) is 14.5. The van der Waals surface area contributed by atoms with E-state index in [0.717, 1.165) is 11.3 Å². The van der Waals surface area contributed by atoms with Gasteiger partial charge in [0.25, 0.3) is 0 Å². The summed E-state index contributed by atoms with van der Waals surface area (Å²) in [7, 11) is 0. The molecule has 160 valence electrons. The highest BCUT2D eigenvalue weighted by atomic mass is 16.6. The van der Waals surface area contributed by atoms with E-state index in [-0.39, 0.29) is 25.2 Å². The monoisotopic (exact) mass is 422 g/mol. The highest BCUT2D eigenvalue weighted by Crippen LogP contribution is 2.31. The lowest BCUT2D eigenvalue weighted by Crippen LogP contribution is -2.33. The van der Waals surface area contributed by atoms with E-state index < -0.39 is 6.09 Å². The number of ether oxygens (including phenoxy) is 3. The summed E-state index contributed by atoms with van der Waals surface area (Å²) < 4.78 is 18.3. The highest BCUT2D eigenvalue weighted by molar-refractivity contribution is 5.93. The second-order valence-corrected chi connectivity index (χ2v) is 6.91. The molecule has 0 bridgehead atoms. The summed E-state index contributed by atoms with van der Waals surface area (Å²) in [5.74, 6) is 1.04. The SMILES string of the molecule is O=C(CNC(=O)OCc1ccccc1)Nc1cnn(CC2COc3ccccc3O2)c1. The topological polar surface area (TPSA) is 104 Å². The van der Waals surface area contributed by atoms with Crippen molar-refractivity contribution in [1.82, 2.24) is 15.1 Å². The van der Waals surface area contributed by atoms with Gasteiger partial charge in [-0.1, -0.05) is 42.5 Å². The molecule has 2 amide bonds. The standard InChI is InChI=1S/C22H22N4O5/c27-21(11-23-22(28)30-14-16-6-2-1-3-7-16)25-17-10-24-26(12-17)13-18-15-29-19-8-4-5-9-20(19)31-18/h1-10,12,18H,11,13-15H2,(H,23,28)(H,25,27). The molecular formula is C22H22N4O5. The first kappa shape index (κ1) is 20.3. The number of nitrogens with zero attached hydrogens (tertiary/aromatic N) is 2. The summed E-state index contributed by atoms with van der Waals surface area (Å²) in [6.45, 7) is 0.801. The summed E-state index contributed by atoms with van der Waals surface area (Å²) in [5.41, 5.74) is 1.38. The van der Waals surface area contributed by atoms with Crippen LogP contribution in [0.15, 0.2) is 67.0 Å². The number of hydrogen-bond acceptors (Lipinski definition) is 6. The van der Waals surface area contributed by atoms with Gasteiger partial charge in [-0.2, -0.15) is 5.10 Å². The quantitative estimate of drug-likeness (QED) is 0.607. The minimum absolute atomic E-state index is 0.137. The van der Waals surface area contributed by atoms with Crippen molar-refractivity contribution in [1.29, 1.82) is 0 Å². The Morgan fingerprint density at radius 1 is 1.10 bits per heavy atom. The van der Waals surface area contributed by atoms with E-state index in [1.807, 2.05) is 54.6 Å². The van der Waals surface area contributed by atoms with E-state index in [4.69, 9.17) is 14.2 Å². The van der Waals surface area contributed by atoms with Gasteiger partial charge in [-0.15, -0.1) is 0 Å². The van der Waals surface area contributed by atoms with Crippen molar-refractivity contribution in [3.8, 4) is 11.5 Å². The van der Waals surface area contributed by atoms with E-state index in [2.05, 4.69) is 15.7 Å². The average Bonchev–Trinajstić information content (AvgIpc) is 3.23. The number of hydrogen-bond donors (Lipinski definition) is 2. The lowest BCUT2D eigenvalue weighted by Gasteiger charge is -2.26. The number of anilines is 1. The predicted octanol–water partition coefficient (Wildman–Crippen LogP) is 2.59. The van der Waals surface area contributed by atoms with E-state index >= 15 is 0 Å². The number of rotatable bonds is 7. The summed E-state index contributed by atoms with van der Waals surface area (Å²) in [6.07, 6.45) is 2.36. The Hall–Kier alpha value is -4.01. The fourth-order valence-electron chi connectivity index (χ4n) is 3.02. The lowest BCUT2D eigenvalue weighted by molar-refractivity contribution is -0.115. The van der Waals surface area contributed by atoms with Crippen molar-refractivity contribution in [2.75, 3.05) is 18.5 Å². The number of para-hydroxylation sites is 2. The third kappa shape index (κ3) is 5.75. The molecule has 1 aliphatic rings. The molecule has 2 N–H and O–H groups in total. The molecule has 0 radical (unpaired) electrons. The molecule has 0 saturated heterocycles. The first-order valence-electron chi connectivity index (χ1n) is 9.81. The fourth-order valence-corrected chi connectivity index (χ4v) is 3.02. The van der Waals surface area contributed by atoms with Crippen molar-refractivity contribution < 1.29 is 23.8 Å². The highest BCUT2D eigenvalue weighted by Gasteiger charge is 2.21. The molecule has 1 atom stereocenters. The Balaban J connectivity index is 1.19. The van der Waals surface area contributed by atoms with Crippen LogP contribution in [0.4, 0.5) is 10.5 Å². The third-order valence-corrected chi connectivity index (χ3v) is 4.48. The Kier molecular flexibility index (Phi) is 6.32. The van der Waals surface area contributed by atoms with Gasteiger partial charge in [-0.3, -0.25) is 9.48 Å². The molecule has 1 aromatic heterocycles. The number of alkyl carbamates (subject to hydrolysis) is 1. The first-order chi connectivity index (χ1) is 15.2. The van der Waals surface area contributed by atoms with Crippen LogP contribution in [0.2, 0.25) is 0 Å². The predicted molar refractivity (Wildman–Crippen MR) is 112 cm³/mol. The summed E-state index contributed by atoms with van der Waals surface area (Å²) in [6, 6.07) is 16.8. The Labute approximate surface area is 178 Å². The molecule has 9 nitrogen and oxygen atoms in total. The zero-order valence-electron chi connectivity index (χ0n) is 16.7. The summed E-state index contributed by atoms with van der Waals surface area (Å²) in [4.78, 5) is 23.8. The summed E-state index contributed by atoms with van der Waals surface area (Å²) in [5, 5.41) is 9.33. The number of carbonyl (C=O) groups is 2. The van der Waals surface area contributed by atoms with Crippen molar-refractivity contribution >= 4 is 17.7 Å². The number of carbonyl (C=O) groups excluding carboxylic acids is 2. The minimum atomic E-state index is -0.663. The summed E-state index contributed by atoms with van der Waals surface area (Å²) >= 11 is 0. The van der Waals surface area contributed by atoms with Crippen LogP contribution in [-0.4, -0.2) is 41.0 Å². The van der Waals surface area contributed by atoms with Crippen LogP contribution in [-0.2, 0) is 22.7 Å². The van der Waals surface area contributed by atoms with Crippen molar-refractivity contribution in [2.45, 2.75) is 19.3 Å². The van der Waals surface area contributed by atoms with Gasteiger partial charge in [0.15, 0.2) is 17.6 Å². The maximum atomic E-state index is 12.1. The first-order valence-corrected chi connectivity index (χ1v) is 9.81. The van der Waals surface area contributed by atoms with Crippen LogP contribution >= 0.6 is 0 Å². The molecular weight excluding hydrogens is 400 g/mol. The van der Waals surface area contributed by atoms with Gasteiger partial charge in [-0.25, -0.2) is 4.79 Å². The number of aromatic nitrogens is 2. The van der Waals surface area contributed by atoms with Crippen LogP contribution in [0.25, 0.3) is 0 Å². The van der Waals surface area contributed by atoms with Crippen LogP contribution < -0.4 is 20.1 Å². The van der Waals surface area contributed by atoms with Gasteiger partial charge >= 0.3 is 6.09 Å². The number of fused-ring (bicyclic) bond motifs is 1. The number of amides is 2. The second kappa shape index (κ2) is 9.66. The van der Waals surface area contributed by atoms with E-state index in [0.29, 0.717) is 24.6 Å². The Morgan fingerprint density at radius 2 is 1.87 bits per heavy atom. The smallest absolute Gasteiger partial charge is 0.407 e. The molecule has 2 heterocycles. The molecule has 1 unspecified atom stereocenters. The van der Waals surface area contributed by atoms with Gasteiger partial charge in [0, 0.05) is 6.20 Å². The Morgan fingerprint density at radius 3 is 2.71 bits per heavy atom. The van der Waals surface area contributed by atoms with E-state index in [9.17, 15) is 9.59 Å². The molecule has 4 rings (SSSR count). The van der Waals surface area contributed by atoms with Gasteiger partial charge in [-0.05, 0) is 17.7 Å². The molecule has 0 spiro atoms. The maximum absolute atomic E-state index is 12.1. The van der Waals surface area contributed by atoms with Crippen molar-refractivity contribution in [3.63, 3.8) is 0 Å². The minimum Gasteiger partial charge on any atom is -0.486 e. The van der Waals surface area contributed by atoms with Crippen LogP contribution in [0.3, 0.4) is 0 Å². The fraction of sp³-hybridized carbons (Fsp3) is 0.227. The molecule has 0 aliphatic carbocycles. The van der Waals surface area contributed by atoms with E-state index in [1.165, 1.54) is 6.20 Å². The van der Waals surface area contributed by atoms with Gasteiger partial charge in [0.05, 0.1) is 18.4 Å². The molecule has 0 saturated carbocycles. The Bertz CT molecular complexity index is 1040. The largest absolute Gasteiger partial charge is 0.486 e. The van der Waals surface area contributed by atoms with Gasteiger partial charge < -0.3 is 24.8 Å². The van der Waals surface area contributed by atoms with Crippen LogP contribution in [0, 0.1) is 0 Å². The second-order valence-electron chi connectivity index (χ2n) is 6.91. The number of nitrogens with one attached hydrogen (secondary N) is 2. The van der Waals surface area contributed by atoms with Crippen LogP contribution in [0.1, 0.15) is 5.56 Å². The maximum Gasteiger partial charge on any atom is 0.407 e. The van der Waals surface area contributed by atoms with Crippen molar-refractivity contribution in [3.05, 3.63) is 72.6 Å². The molecule has 3 aromatic rings. The average molecular weight is 422 g/mol. The van der Waals surface area contributed by atoms with Crippen molar-refractivity contribution in [2.24, 2.45) is 0 Å². The molecule has 2 aromatic carbocycles. The van der Waals surface area contributed by atoms with Crippen LogP contribution in [0.5, 0.6) is 11.5 Å². The third-order valence-electron chi connectivity index (χ3n) is 4.48. The van der Waals surface area contributed by atoms with Gasteiger partial charge in [0.1, 0.15) is 19.8 Å². The zero-order valence-corrected chi connectivity index (χ0v) is 16.7. The molecule has 1 aliphatic heterocycles. The van der Waals surface area contributed by atoms with Gasteiger partial charge in [0.2, 0.25) is 5.91 Å². The molecule has 9 heteroatoms. The molecule has 0 fully saturated rings. The lowest BCUT2D eigenvalue weighted by atomic mass is 10.2. The van der Waals surface area contributed by atoms with E-state index in [1.54, 1.807) is 10.9 Å². The molecule has 31 heavy (non-hydrogen) atoms. The zero-order chi connectivity index (χ0) is 21.5.